The molecule has 0 saturated carbocycles. The van der Waals surface area contributed by atoms with Gasteiger partial charge >= 0.3 is 0 Å². The first-order chi connectivity index (χ1) is 8.69. The second-order valence-electron chi connectivity index (χ2n) is 3.85. The lowest BCUT2D eigenvalue weighted by molar-refractivity contribution is -0.136. The Bertz CT molecular complexity index is 444. The maximum Gasteiger partial charge on any atom is 0.249 e. The average Bonchev–Trinajstić information content (AvgIpc) is 2.39. The summed E-state index contributed by atoms with van der Waals surface area (Å²) in [6.45, 7) is 0.194. The summed E-state index contributed by atoms with van der Waals surface area (Å²) in [5.74, 6) is 0.131. The van der Waals surface area contributed by atoms with Gasteiger partial charge in [-0.05, 0) is 24.3 Å². The zero-order chi connectivity index (χ0) is 13.0. The number of anilines is 1. The predicted octanol–water partition coefficient (Wildman–Crippen LogP) is 0.149. The van der Waals surface area contributed by atoms with Crippen LogP contribution in [0, 0.1) is 0 Å². The molecule has 1 heterocycles. The molecule has 18 heavy (non-hydrogen) atoms. The van der Waals surface area contributed by atoms with Gasteiger partial charge in [-0.15, -0.1) is 0 Å². The van der Waals surface area contributed by atoms with Gasteiger partial charge in [0.25, 0.3) is 0 Å². The number of carbonyl (C=O) groups is 2. The molecule has 1 atom stereocenters. The molecule has 6 heteroatoms. The zero-order valence-corrected chi connectivity index (χ0v) is 9.93. The average molecular weight is 250 g/mol. The van der Waals surface area contributed by atoms with E-state index in [-0.39, 0.29) is 25.0 Å². The number of methoxy groups -OCH3 is 1. The maximum absolute atomic E-state index is 11.8. The van der Waals surface area contributed by atoms with Gasteiger partial charge in [-0.1, -0.05) is 0 Å². The van der Waals surface area contributed by atoms with Gasteiger partial charge in [-0.2, -0.15) is 0 Å². The molecule has 1 aromatic carbocycles. The third kappa shape index (κ3) is 2.98. The van der Waals surface area contributed by atoms with E-state index in [0.717, 1.165) is 0 Å². The van der Waals surface area contributed by atoms with E-state index < -0.39 is 6.04 Å². The monoisotopic (exact) mass is 250 g/mol. The summed E-state index contributed by atoms with van der Waals surface area (Å²) in [6.07, 6.45) is 0. The summed E-state index contributed by atoms with van der Waals surface area (Å²) >= 11 is 0. The van der Waals surface area contributed by atoms with E-state index in [1.807, 2.05) is 0 Å². The van der Waals surface area contributed by atoms with Crippen LogP contribution in [-0.2, 0) is 14.3 Å². The van der Waals surface area contributed by atoms with E-state index in [2.05, 4.69) is 10.6 Å². The summed E-state index contributed by atoms with van der Waals surface area (Å²) in [7, 11) is 1.57. The van der Waals surface area contributed by atoms with Crippen molar-refractivity contribution in [3.63, 3.8) is 0 Å². The molecule has 0 aromatic heterocycles. The summed E-state index contributed by atoms with van der Waals surface area (Å²) in [4.78, 5) is 22.9. The molecule has 6 nitrogen and oxygen atoms in total. The Kier molecular flexibility index (Phi) is 3.78. The number of rotatable bonds is 3. The van der Waals surface area contributed by atoms with Crippen molar-refractivity contribution in [3.8, 4) is 5.75 Å². The Morgan fingerprint density at radius 2 is 2.17 bits per heavy atom. The van der Waals surface area contributed by atoms with Crippen molar-refractivity contribution in [1.82, 2.24) is 5.32 Å². The standard InChI is InChI=1S/C12H14N2O4/c1-17-9-4-2-8(3-5-9)13-12(16)10-6-18-7-11(15)14-10/h2-5,10H,6-7H2,1H3,(H,13,16)(H,14,15). The Morgan fingerprint density at radius 1 is 1.44 bits per heavy atom. The van der Waals surface area contributed by atoms with Crippen molar-refractivity contribution < 1.29 is 19.1 Å². The highest BCUT2D eigenvalue weighted by atomic mass is 16.5. The van der Waals surface area contributed by atoms with Crippen LogP contribution in [0.25, 0.3) is 0 Å². The van der Waals surface area contributed by atoms with Crippen LogP contribution in [-0.4, -0.2) is 38.2 Å². The number of benzene rings is 1. The molecule has 0 radical (unpaired) electrons. The largest absolute Gasteiger partial charge is 0.497 e. The Hall–Kier alpha value is -2.08. The smallest absolute Gasteiger partial charge is 0.249 e. The molecule has 2 amide bonds. The second-order valence-corrected chi connectivity index (χ2v) is 3.85. The van der Waals surface area contributed by atoms with Crippen LogP contribution in [0.15, 0.2) is 24.3 Å². The maximum atomic E-state index is 11.8. The number of hydrogen-bond donors (Lipinski definition) is 2. The first-order valence-corrected chi connectivity index (χ1v) is 5.51. The van der Waals surface area contributed by atoms with E-state index in [0.29, 0.717) is 11.4 Å². The third-order valence-corrected chi connectivity index (χ3v) is 2.53. The first-order valence-electron chi connectivity index (χ1n) is 5.51. The molecular weight excluding hydrogens is 236 g/mol. The molecule has 96 valence electrons. The molecule has 1 aromatic rings. The van der Waals surface area contributed by atoms with Crippen LogP contribution < -0.4 is 15.4 Å². The van der Waals surface area contributed by atoms with Crippen LogP contribution >= 0.6 is 0 Å². The van der Waals surface area contributed by atoms with Crippen molar-refractivity contribution in [2.24, 2.45) is 0 Å². The van der Waals surface area contributed by atoms with Crippen molar-refractivity contribution >= 4 is 17.5 Å². The lowest BCUT2D eigenvalue weighted by atomic mass is 10.2. The van der Waals surface area contributed by atoms with Crippen molar-refractivity contribution in [2.75, 3.05) is 25.6 Å². The normalized spacial score (nSPS) is 18.9. The topological polar surface area (TPSA) is 76.7 Å². The summed E-state index contributed by atoms with van der Waals surface area (Å²) < 4.78 is 10.0. The van der Waals surface area contributed by atoms with Gasteiger partial charge in [-0.3, -0.25) is 9.59 Å². The molecule has 0 spiro atoms. The highest BCUT2D eigenvalue weighted by Crippen LogP contribution is 2.15. The molecule has 0 bridgehead atoms. The molecule has 1 fully saturated rings. The van der Waals surface area contributed by atoms with Gasteiger partial charge in [0, 0.05) is 5.69 Å². The predicted molar refractivity (Wildman–Crippen MR) is 64.4 cm³/mol. The Morgan fingerprint density at radius 3 is 2.78 bits per heavy atom. The number of carbonyl (C=O) groups excluding carboxylic acids is 2. The third-order valence-electron chi connectivity index (χ3n) is 2.53. The fraction of sp³-hybridized carbons (Fsp3) is 0.333. The number of morpholine rings is 1. The van der Waals surface area contributed by atoms with E-state index in [1.165, 1.54) is 0 Å². The molecule has 0 aliphatic carbocycles. The van der Waals surface area contributed by atoms with Crippen LogP contribution in [0.4, 0.5) is 5.69 Å². The molecule has 1 unspecified atom stereocenters. The fourth-order valence-corrected chi connectivity index (χ4v) is 1.59. The molecule has 2 N–H and O–H groups in total. The molecule has 2 rings (SSSR count). The molecule has 1 aliphatic rings. The van der Waals surface area contributed by atoms with E-state index in [9.17, 15) is 9.59 Å². The minimum absolute atomic E-state index is 0.00627. The van der Waals surface area contributed by atoms with Gasteiger partial charge in [0.05, 0.1) is 13.7 Å². The number of nitrogens with one attached hydrogen (secondary N) is 2. The minimum atomic E-state index is -0.645. The number of amides is 2. The van der Waals surface area contributed by atoms with Gasteiger partial charge in [0.15, 0.2) is 0 Å². The van der Waals surface area contributed by atoms with Gasteiger partial charge in [0.2, 0.25) is 11.8 Å². The Labute approximate surface area is 104 Å². The molecule has 1 aliphatic heterocycles. The number of hydrogen-bond acceptors (Lipinski definition) is 4. The van der Waals surface area contributed by atoms with E-state index >= 15 is 0 Å². The summed E-state index contributed by atoms with van der Waals surface area (Å²) in [5, 5.41) is 5.25. The van der Waals surface area contributed by atoms with Crippen molar-refractivity contribution in [3.05, 3.63) is 24.3 Å². The second kappa shape index (κ2) is 5.50. The highest BCUT2D eigenvalue weighted by molar-refractivity contribution is 5.97. The zero-order valence-electron chi connectivity index (χ0n) is 9.93. The summed E-state index contributed by atoms with van der Waals surface area (Å²) in [5.41, 5.74) is 0.639. The van der Waals surface area contributed by atoms with Crippen LogP contribution in [0.1, 0.15) is 0 Å². The lowest BCUT2D eigenvalue weighted by Gasteiger charge is -2.22. The SMILES string of the molecule is COc1ccc(NC(=O)C2COCC(=O)N2)cc1. The fourth-order valence-electron chi connectivity index (χ4n) is 1.59. The van der Waals surface area contributed by atoms with Gasteiger partial charge in [0.1, 0.15) is 18.4 Å². The lowest BCUT2D eigenvalue weighted by Crippen LogP contribution is -2.51. The number of ether oxygens (including phenoxy) is 2. The van der Waals surface area contributed by atoms with Gasteiger partial charge < -0.3 is 20.1 Å². The van der Waals surface area contributed by atoms with Crippen LogP contribution in [0.3, 0.4) is 0 Å². The van der Waals surface area contributed by atoms with Crippen molar-refractivity contribution in [2.45, 2.75) is 6.04 Å². The van der Waals surface area contributed by atoms with Crippen LogP contribution in [0.5, 0.6) is 5.75 Å². The van der Waals surface area contributed by atoms with E-state index in [4.69, 9.17) is 9.47 Å². The minimum Gasteiger partial charge on any atom is -0.497 e. The summed E-state index contributed by atoms with van der Waals surface area (Å²) in [6, 6.07) is 6.29. The van der Waals surface area contributed by atoms with Gasteiger partial charge in [-0.25, -0.2) is 0 Å². The quantitative estimate of drug-likeness (QED) is 0.800. The van der Waals surface area contributed by atoms with E-state index in [1.54, 1.807) is 31.4 Å². The highest BCUT2D eigenvalue weighted by Gasteiger charge is 2.25. The molecule has 1 saturated heterocycles. The van der Waals surface area contributed by atoms with Crippen molar-refractivity contribution in [1.29, 1.82) is 0 Å². The Balaban J connectivity index is 1.95. The molecular formula is C12H14N2O4. The van der Waals surface area contributed by atoms with Crippen LogP contribution in [0.2, 0.25) is 0 Å². The first kappa shape index (κ1) is 12.4.